The molecule has 0 unspecified atom stereocenters. The second kappa shape index (κ2) is 5.18. The maximum absolute atomic E-state index is 12.0. The van der Waals surface area contributed by atoms with Crippen molar-refractivity contribution in [2.24, 2.45) is 0 Å². The van der Waals surface area contributed by atoms with Crippen LogP contribution in [-0.4, -0.2) is 42.0 Å². The van der Waals surface area contributed by atoms with Crippen molar-refractivity contribution in [2.75, 3.05) is 0 Å². The molecule has 0 aliphatic heterocycles. The highest BCUT2D eigenvalue weighted by atomic mass is 32.3. The lowest BCUT2D eigenvalue weighted by atomic mass is 11.5. The third kappa shape index (κ3) is 3.38. The number of rotatable bonds is 4. The molecule has 0 spiro atoms. The zero-order valence-electron chi connectivity index (χ0n) is 8.78. The molecule has 0 saturated heterocycles. The molecule has 0 aromatic rings. The monoisotopic (exact) mass is 393 g/mol. The fourth-order valence-electron chi connectivity index (χ4n) is 0.712. The van der Waals surface area contributed by atoms with E-state index in [4.69, 9.17) is 0 Å². The Morgan fingerprint density at radius 2 is 0.905 bits per heavy atom. The van der Waals surface area contributed by atoms with E-state index in [1.54, 1.807) is 0 Å². The Kier molecular flexibility index (Phi) is 5.01. The molecule has 0 heterocycles. The zero-order valence-corrected chi connectivity index (χ0v) is 11.2. The van der Waals surface area contributed by atoms with Crippen LogP contribution in [0.5, 0.6) is 0 Å². The molecule has 0 bridgehead atoms. The first-order valence-electron chi connectivity index (χ1n) is 3.83. The van der Waals surface area contributed by atoms with Crippen molar-refractivity contribution < 1.29 is 60.4 Å². The van der Waals surface area contributed by atoms with Gasteiger partial charge >= 0.3 is 16.8 Å². The van der Waals surface area contributed by atoms with Crippen molar-refractivity contribution >= 4 is 29.5 Å². The summed E-state index contributed by atoms with van der Waals surface area (Å²) in [6.07, 6.45) is 0. The Hall–Kier alpha value is -0.710. The number of hydrogen-bond acceptors (Lipinski definition) is 6. The van der Waals surface area contributed by atoms with Crippen molar-refractivity contribution in [2.45, 2.75) is 16.8 Å². The van der Waals surface area contributed by atoms with Crippen molar-refractivity contribution in [3.8, 4) is 0 Å². The van der Waals surface area contributed by atoms with Crippen molar-refractivity contribution in [3.63, 3.8) is 0 Å². The first kappa shape index (κ1) is 20.3. The molecule has 0 rings (SSSR count). The molecule has 0 aliphatic rings. The largest absolute Gasteiger partial charge is 0.470 e. The van der Waals surface area contributed by atoms with Gasteiger partial charge in [0.15, 0.2) is 19.7 Å². The first-order valence-corrected chi connectivity index (χ1v) is 8.34. The quantitative estimate of drug-likeness (QED) is 0.520. The summed E-state index contributed by atoms with van der Waals surface area (Å²) in [5.41, 5.74) is -13.7. The number of hydrogen-bond donors (Lipinski definition) is 0. The van der Waals surface area contributed by atoms with E-state index in [-0.39, 0.29) is 0 Å². The first-order chi connectivity index (χ1) is 8.81. The summed E-state index contributed by atoms with van der Waals surface area (Å²) in [5.74, 6) is -5.15. The van der Waals surface area contributed by atoms with Gasteiger partial charge in [-0.05, 0) is 0 Å². The van der Waals surface area contributed by atoms with Crippen LogP contribution in [0.1, 0.15) is 0 Å². The van der Waals surface area contributed by atoms with Gasteiger partial charge in [0.25, 0.3) is 0 Å². The van der Waals surface area contributed by atoms with Gasteiger partial charge in [-0.1, -0.05) is 0 Å². The number of halogens is 8. The van der Waals surface area contributed by atoms with E-state index < -0.39 is 50.2 Å². The Balaban J connectivity index is 6.83. The van der Waals surface area contributed by atoms with E-state index in [0.29, 0.717) is 0 Å². The topological polar surface area (TPSA) is 102 Å². The lowest BCUT2D eigenvalue weighted by Gasteiger charge is -2.30. The smallest absolute Gasteiger partial charge is 0.255 e. The molecule has 0 radical (unpaired) electrons. The van der Waals surface area contributed by atoms with Crippen LogP contribution in [0.15, 0.2) is 0 Å². The molecule has 128 valence electrons. The summed E-state index contributed by atoms with van der Waals surface area (Å²) in [5, 5.41) is 0. The van der Waals surface area contributed by atoms with Gasteiger partial charge in [0.2, 0.25) is 0 Å². The third-order valence-electron chi connectivity index (χ3n) is 1.52. The molecule has 0 aromatic heterocycles. The molecular formula is C4HF8O6S3-. The van der Waals surface area contributed by atoms with E-state index in [0.717, 1.165) is 0 Å². The van der Waals surface area contributed by atoms with Gasteiger partial charge in [0.05, 0.1) is 3.91 Å². The molecule has 0 aromatic carbocycles. The van der Waals surface area contributed by atoms with Gasteiger partial charge in [-0.3, -0.25) is 25.3 Å². The van der Waals surface area contributed by atoms with Crippen LogP contribution in [0.4, 0.5) is 35.1 Å². The van der Waals surface area contributed by atoms with Crippen LogP contribution in [0, 0.1) is 3.91 Å². The molecule has 21 heavy (non-hydrogen) atoms. The average molecular weight is 393 g/mol. The van der Waals surface area contributed by atoms with Crippen LogP contribution in [0.2, 0.25) is 0 Å². The van der Waals surface area contributed by atoms with E-state index in [9.17, 15) is 60.4 Å². The Morgan fingerprint density at radius 3 is 1.05 bits per heavy atom. The Morgan fingerprint density at radius 1 is 0.667 bits per heavy atom. The maximum Gasteiger partial charge on any atom is 0.470 e. The molecule has 0 saturated carbocycles. The van der Waals surface area contributed by atoms with Gasteiger partial charge in [-0.15, -0.1) is 0 Å². The number of alkyl halides is 8. The van der Waals surface area contributed by atoms with Crippen LogP contribution in [-0.2, 0) is 29.5 Å². The fraction of sp³-hybridized carbons (Fsp3) is 0.750. The molecule has 0 aliphatic carbocycles. The summed E-state index contributed by atoms with van der Waals surface area (Å²) in [6, 6.07) is 0. The van der Waals surface area contributed by atoms with E-state index in [1.807, 2.05) is 0 Å². The lowest BCUT2D eigenvalue weighted by molar-refractivity contribution is -0.0449. The van der Waals surface area contributed by atoms with Gasteiger partial charge in [0.1, 0.15) is 9.84 Å². The second-order valence-electron chi connectivity index (χ2n) is 2.95. The van der Waals surface area contributed by atoms with Crippen molar-refractivity contribution in [1.29, 1.82) is 0 Å². The number of sulfone groups is 3. The predicted molar refractivity (Wildman–Crippen MR) is 48.1 cm³/mol. The maximum atomic E-state index is 12.0. The average Bonchev–Trinajstić information content (AvgIpc) is 2.11. The van der Waals surface area contributed by atoms with Crippen LogP contribution in [0.3, 0.4) is 0 Å². The molecule has 0 fully saturated rings. The predicted octanol–water partition coefficient (Wildman–Crippen LogP) is 0.940. The summed E-state index contributed by atoms with van der Waals surface area (Å²) < 4.78 is 156. The highest BCUT2D eigenvalue weighted by molar-refractivity contribution is 8.29. The zero-order chi connectivity index (χ0) is 17.7. The molecule has 0 atom stereocenters. The van der Waals surface area contributed by atoms with Crippen LogP contribution >= 0.6 is 0 Å². The minimum Gasteiger partial charge on any atom is -0.255 e. The minimum absolute atomic E-state index is 4.36. The summed E-state index contributed by atoms with van der Waals surface area (Å²) >= 11 is 0. The highest BCUT2D eigenvalue weighted by Gasteiger charge is 2.59. The summed E-state index contributed by atoms with van der Waals surface area (Å²) in [6.45, 7) is 0. The second-order valence-corrected chi connectivity index (χ2v) is 9.34. The third-order valence-corrected chi connectivity index (χ3v) is 8.57. The standard InChI is InChI=1S/C4HF8O6S3/c5-1(6)19(13,14)2(20(15,16)3(7,8)9)21(17,18)4(10,11)12/h1H/q-1. The Labute approximate surface area is 111 Å². The van der Waals surface area contributed by atoms with Crippen LogP contribution < -0.4 is 0 Å². The molecule has 0 amide bonds. The van der Waals surface area contributed by atoms with Crippen molar-refractivity contribution in [3.05, 3.63) is 3.91 Å². The molecular weight excluding hydrogens is 392 g/mol. The molecule has 6 nitrogen and oxygen atoms in total. The van der Waals surface area contributed by atoms with Crippen molar-refractivity contribution in [1.82, 2.24) is 0 Å². The van der Waals surface area contributed by atoms with Gasteiger partial charge in [0, 0.05) is 0 Å². The van der Waals surface area contributed by atoms with Gasteiger partial charge in [-0.25, -0.2) is 0 Å². The van der Waals surface area contributed by atoms with Crippen LogP contribution in [0.25, 0.3) is 0 Å². The minimum atomic E-state index is -7.74. The normalized spacial score (nSPS) is 15.7. The van der Waals surface area contributed by atoms with E-state index in [1.165, 1.54) is 0 Å². The molecule has 0 N–H and O–H groups in total. The van der Waals surface area contributed by atoms with E-state index >= 15 is 0 Å². The van der Waals surface area contributed by atoms with Gasteiger partial charge < -0.3 is 0 Å². The summed E-state index contributed by atoms with van der Waals surface area (Å²) in [7, 11) is -22.7. The SMILES string of the molecule is O=S(=O)([C-](S(=O)(=O)C(F)(F)F)S(=O)(=O)C(F)(F)F)C(F)F. The fourth-order valence-corrected chi connectivity index (χ4v) is 6.41. The molecule has 17 heteroatoms. The summed E-state index contributed by atoms with van der Waals surface area (Å²) in [4.78, 5) is 0. The lowest BCUT2D eigenvalue weighted by Crippen LogP contribution is -2.44. The van der Waals surface area contributed by atoms with E-state index in [2.05, 4.69) is 0 Å². The Bertz CT molecular complexity index is 650. The highest BCUT2D eigenvalue weighted by Crippen LogP contribution is 2.44. The van der Waals surface area contributed by atoms with Gasteiger partial charge in [-0.2, -0.15) is 35.1 Å².